The van der Waals surface area contributed by atoms with Crippen molar-refractivity contribution in [1.29, 1.82) is 0 Å². The molecule has 1 aromatic carbocycles. The molecule has 1 N–H and O–H groups in total. The SMILES string of the molecule is CCNC(=O)C1(Cc2cc(-c3ccccc3)no2)CCCN(C2CCCCC2)C1. The van der Waals surface area contributed by atoms with Crippen molar-refractivity contribution in [2.24, 2.45) is 5.41 Å². The maximum Gasteiger partial charge on any atom is 0.227 e. The molecule has 5 heteroatoms. The van der Waals surface area contributed by atoms with Crippen LogP contribution in [0.4, 0.5) is 0 Å². The number of nitrogens with zero attached hydrogens (tertiary/aromatic N) is 2. The van der Waals surface area contributed by atoms with E-state index in [0.717, 1.165) is 42.9 Å². The minimum atomic E-state index is -0.431. The van der Waals surface area contributed by atoms with Crippen LogP contribution in [0.15, 0.2) is 40.9 Å². The molecule has 1 saturated heterocycles. The van der Waals surface area contributed by atoms with Gasteiger partial charge in [-0.3, -0.25) is 9.69 Å². The molecule has 5 nitrogen and oxygen atoms in total. The number of carbonyl (C=O) groups is 1. The average molecular weight is 396 g/mol. The number of nitrogens with one attached hydrogen (secondary N) is 1. The van der Waals surface area contributed by atoms with Gasteiger partial charge in [-0.15, -0.1) is 0 Å². The lowest BCUT2D eigenvalue weighted by Crippen LogP contribution is -2.55. The Bertz CT molecular complexity index is 797. The molecule has 2 heterocycles. The van der Waals surface area contributed by atoms with Crippen molar-refractivity contribution in [2.45, 2.75) is 64.3 Å². The highest BCUT2D eigenvalue weighted by Gasteiger charge is 2.44. The number of likely N-dealkylation sites (tertiary alicyclic amines) is 1. The zero-order valence-corrected chi connectivity index (χ0v) is 17.5. The maximum atomic E-state index is 13.2. The summed E-state index contributed by atoms with van der Waals surface area (Å²) in [6, 6.07) is 12.7. The Morgan fingerprint density at radius 2 is 2.00 bits per heavy atom. The van der Waals surface area contributed by atoms with Crippen LogP contribution in [-0.2, 0) is 11.2 Å². The summed E-state index contributed by atoms with van der Waals surface area (Å²) in [7, 11) is 0. The summed E-state index contributed by atoms with van der Waals surface area (Å²) in [5.41, 5.74) is 1.45. The van der Waals surface area contributed by atoms with Gasteiger partial charge in [-0.1, -0.05) is 54.8 Å². The van der Waals surface area contributed by atoms with Gasteiger partial charge in [-0.2, -0.15) is 0 Å². The largest absolute Gasteiger partial charge is 0.361 e. The summed E-state index contributed by atoms with van der Waals surface area (Å²) in [5, 5.41) is 7.39. The van der Waals surface area contributed by atoms with E-state index in [9.17, 15) is 4.79 Å². The molecule has 2 aliphatic rings. The Hall–Kier alpha value is -2.14. The number of benzene rings is 1. The Morgan fingerprint density at radius 1 is 1.21 bits per heavy atom. The third-order valence-electron chi connectivity index (χ3n) is 6.66. The lowest BCUT2D eigenvalue weighted by Gasteiger charge is -2.45. The lowest BCUT2D eigenvalue weighted by molar-refractivity contribution is -0.135. The van der Waals surface area contributed by atoms with Crippen LogP contribution >= 0.6 is 0 Å². The molecular weight excluding hydrogens is 362 g/mol. The van der Waals surface area contributed by atoms with Crippen LogP contribution in [-0.4, -0.2) is 41.6 Å². The van der Waals surface area contributed by atoms with E-state index >= 15 is 0 Å². The van der Waals surface area contributed by atoms with Crippen LogP contribution < -0.4 is 5.32 Å². The molecule has 2 aromatic rings. The van der Waals surface area contributed by atoms with Gasteiger partial charge in [0.2, 0.25) is 5.91 Å². The van der Waals surface area contributed by atoms with Crippen molar-refractivity contribution in [3.05, 3.63) is 42.2 Å². The normalized spacial score (nSPS) is 23.8. The smallest absolute Gasteiger partial charge is 0.227 e. The monoisotopic (exact) mass is 395 g/mol. The summed E-state index contributed by atoms with van der Waals surface area (Å²) in [6.45, 7) is 4.59. The molecular formula is C24H33N3O2. The Labute approximate surface area is 173 Å². The van der Waals surface area contributed by atoms with Crippen molar-refractivity contribution in [3.63, 3.8) is 0 Å². The number of rotatable bonds is 6. The van der Waals surface area contributed by atoms with Gasteiger partial charge in [-0.25, -0.2) is 0 Å². The number of hydrogen-bond acceptors (Lipinski definition) is 4. The molecule has 1 saturated carbocycles. The second kappa shape index (κ2) is 9.12. The molecule has 156 valence electrons. The van der Waals surface area contributed by atoms with E-state index in [-0.39, 0.29) is 5.91 Å². The first-order chi connectivity index (χ1) is 14.2. The second-order valence-electron chi connectivity index (χ2n) is 8.73. The fourth-order valence-corrected chi connectivity index (χ4v) is 5.16. The molecule has 29 heavy (non-hydrogen) atoms. The molecule has 4 rings (SSSR count). The van der Waals surface area contributed by atoms with E-state index in [2.05, 4.69) is 15.4 Å². The van der Waals surface area contributed by atoms with Crippen LogP contribution in [0.2, 0.25) is 0 Å². The summed E-state index contributed by atoms with van der Waals surface area (Å²) in [6.07, 6.45) is 9.11. The number of amides is 1. The van der Waals surface area contributed by atoms with Crippen LogP contribution in [0, 0.1) is 5.41 Å². The van der Waals surface area contributed by atoms with Gasteiger partial charge in [0, 0.05) is 37.2 Å². The summed E-state index contributed by atoms with van der Waals surface area (Å²) in [5.74, 6) is 0.971. The van der Waals surface area contributed by atoms with Gasteiger partial charge in [0.1, 0.15) is 11.5 Å². The molecule has 0 radical (unpaired) electrons. The number of aromatic nitrogens is 1. The summed E-state index contributed by atoms with van der Waals surface area (Å²) in [4.78, 5) is 15.8. The first-order valence-electron chi connectivity index (χ1n) is 11.2. The third-order valence-corrected chi connectivity index (χ3v) is 6.66. The van der Waals surface area contributed by atoms with Crippen molar-refractivity contribution in [3.8, 4) is 11.3 Å². The van der Waals surface area contributed by atoms with Gasteiger partial charge in [0.25, 0.3) is 0 Å². The fourth-order valence-electron chi connectivity index (χ4n) is 5.16. The highest BCUT2D eigenvalue weighted by molar-refractivity contribution is 5.83. The predicted octanol–water partition coefficient (Wildman–Crippen LogP) is 4.44. The number of piperidine rings is 1. The highest BCUT2D eigenvalue weighted by Crippen LogP contribution is 2.37. The second-order valence-corrected chi connectivity index (χ2v) is 8.73. The molecule has 1 amide bonds. The molecule has 1 aliphatic heterocycles. The minimum absolute atomic E-state index is 0.165. The zero-order chi connectivity index (χ0) is 20.1. The topological polar surface area (TPSA) is 58.4 Å². The molecule has 2 fully saturated rings. The Kier molecular flexibility index (Phi) is 6.34. The molecule has 1 aromatic heterocycles. The first kappa shape index (κ1) is 20.1. The van der Waals surface area contributed by atoms with E-state index in [1.165, 1.54) is 32.1 Å². The highest BCUT2D eigenvalue weighted by atomic mass is 16.5. The quantitative estimate of drug-likeness (QED) is 0.786. The molecule has 1 atom stereocenters. The Balaban J connectivity index is 1.55. The van der Waals surface area contributed by atoms with Crippen molar-refractivity contribution in [1.82, 2.24) is 15.4 Å². The van der Waals surface area contributed by atoms with Gasteiger partial charge >= 0.3 is 0 Å². The van der Waals surface area contributed by atoms with Crippen molar-refractivity contribution >= 4 is 5.91 Å². The minimum Gasteiger partial charge on any atom is -0.361 e. The summed E-state index contributed by atoms with van der Waals surface area (Å²) >= 11 is 0. The first-order valence-corrected chi connectivity index (χ1v) is 11.2. The van der Waals surface area contributed by atoms with Gasteiger partial charge in [0.05, 0.1) is 5.41 Å². The summed E-state index contributed by atoms with van der Waals surface area (Å²) < 4.78 is 5.71. The van der Waals surface area contributed by atoms with Crippen LogP contribution in [0.1, 0.15) is 57.6 Å². The van der Waals surface area contributed by atoms with E-state index in [0.29, 0.717) is 19.0 Å². The van der Waals surface area contributed by atoms with Crippen LogP contribution in [0.25, 0.3) is 11.3 Å². The van der Waals surface area contributed by atoms with Crippen molar-refractivity contribution in [2.75, 3.05) is 19.6 Å². The number of hydrogen-bond donors (Lipinski definition) is 1. The van der Waals surface area contributed by atoms with E-state index in [1.807, 2.05) is 43.3 Å². The zero-order valence-electron chi connectivity index (χ0n) is 17.5. The van der Waals surface area contributed by atoms with Crippen LogP contribution in [0.3, 0.4) is 0 Å². The van der Waals surface area contributed by atoms with Crippen molar-refractivity contribution < 1.29 is 9.32 Å². The third kappa shape index (κ3) is 4.55. The predicted molar refractivity (Wildman–Crippen MR) is 114 cm³/mol. The van der Waals surface area contributed by atoms with Gasteiger partial charge in [-0.05, 0) is 39.2 Å². The fraction of sp³-hybridized carbons (Fsp3) is 0.583. The van der Waals surface area contributed by atoms with E-state index < -0.39 is 5.41 Å². The molecule has 0 spiro atoms. The maximum absolute atomic E-state index is 13.2. The van der Waals surface area contributed by atoms with Gasteiger partial charge < -0.3 is 9.84 Å². The number of carbonyl (C=O) groups excluding carboxylic acids is 1. The molecule has 1 aliphatic carbocycles. The lowest BCUT2D eigenvalue weighted by atomic mass is 9.74. The van der Waals surface area contributed by atoms with E-state index in [1.54, 1.807) is 0 Å². The van der Waals surface area contributed by atoms with Gasteiger partial charge in [0.15, 0.2) is 0 Å². The standard InChI is InChI=1S/C24H33N3O2/c1-2-25-23(28)24(14-9-15-27(18-24)20-12-7-4-8-13-20)17-21-16-22(26-29-21)19-10-5-3-6-11-19/h3,5-6,10-11,16,20H,2,4,7-9,12-15,17-18H2,1H3,(H,25,28). The van der Waals surface area contributed by atoms with E-state index in [4.69, 9.17) is 4.52 Å². The molecule has 0 bridgehead atoms. The Morgan fingerprint density at radius 3 is 2.76 bits per heavy atom. The average Bonchev–Trinajstić information content (AvgIpc) is 3.23. The molecule has 1 unspecified atom stereocenters. The van der Waals surface area contributed by atoms with Crippen LogP contribution in [0.5, 0.6) is 0 Å².